The summed E-state index contributed by atoms with van der Waals surface area (Å²) >= 11 is 1.79. The lowest BCUT2D eigenvalue weighted by Gasteiger charge is -2.11. The molecule has 0 aliphatic rings. The third-order valence-electron chi connectivity index (χ3n) is 2.89. The van der Waals surface area contributed by atoms with Crippen LogP contribution >= 0.6 is 11.3 Å². The van der Waals surface area contributed by atoms with Crippen molar-refractivity contribution in [2.75, 3.05) is 0 Å². The number of carboxylic acids is 1. The van der Waals surface area contributed by atoms with Gasteiger partial charge >= 0.3 is 5.97 Å². The highest BCUT2D eigenvalue weighted by molar-refractivity contribution is 7.11. The molecule has 4 nitrogen and oxygen atoms in total. The largest absolute Gasteiger partial charge is 0.478 e. The van der Waals surface area contributed by atoms with E-state index in [0.717, 1.165) is 6.42 Å². The van der Waals surface area contributed by atoms with Crippen LogP contribution in [0.3, 0.4) is 0 Å². The number of furan rings is 1. The van der Waals surface area contributed by atoms with Crippen molar-refractivity contribution < 1.29 is 14.3 Å². The van der Waals surface area contributed by atoms with Gasteiger partial charge in [-0.1, -0.05) is 0 Å². The maximum Gasteiger partial charge on any atom is 0.339 e. The molecule has 0 aromatic carbocycles. The summed E-state index contributed by atoms with van der Waals surface area (Å²) in [5, 5.41) is 12.3. The molecule has 0 radical (unpaired) electrons. The van der Waals surface area contributed by atoms with Crippen molar-refractivity contribution in [3.05, 3.63) is 45.5 Å². The molecule has 2 rings (SSSR count). The summed E-state index contributed by atoms with van der Waals surface area (Å²) in [7, 11) is 0. The lowest BCUT2D eigenvalue weighted by molar-refractivity contribution is 0.0694. The molecule has 0 saturated heterocycles. The quantitative estimate of drug-likeness (QED) is 0.853. The molecule has 1 unspecified atom stereocenters. The standard InChI is InChI=1S/C14H17NO3S/c1-9(7-11-4-3-10(2)19-11)15-8-13-12(14(16)17)5-6-18-13/h3-6,9,15H,7-8H2,1-2H3,(H,16,17). The number of carboxylic acid groups (broad SMARTS) is 1. The van der Waals surface area contributed by atoms with E-state index in [2.05, 4.69) is 31.3 Å². The van der Waals surface area contributed by atoms with Gasteiger partial charge in [0.1, 0.15) is 11.3 Å². The van der Waals surface area contributed by atoms with E-state index in [4.69, 9.17) is 9.52 Å². The molecule has 2 aromatic rings. The van der Waals surface area contributed by atoms with E-state index in [0.29, 0.717) is 12.3 Å². The van der Waals surface area contributed by atoms with E-state index in [-0.39, 0.29) is 11.6 Å². The number of nitrogens with one attached hydrogen (secondary N) is 1. The minimum Gasteiger partial charge on any atom is -0.478 e. The first-order valence-corrected chi connectivity index (χ1v) is 6.96. The van der Waals surface area contributed by atoms with Gasteiger partial charge in [0.05, 0.1) is 12.8 Å². The maximum absolute atomic E-state index is 10.9. The highest BCUT2D eigenvalue weighted by atomic mass is 32.1. The molecule has 0 fully saturated rings. The third-order valence-corrected chi connectivity index (χ3v) is 3.91. The Bertz CT molecular complexity index is 559. The second kappa shape index (κ2) is 6.04. The fourth-order valence-electron chi connectivity index (χ4n) is 1.90. The van der Waals surface area contributed by atoms with Gasteiger partial charge in [0.15, 0.2) is 0 Å². The van der Waals surface area contributed by atoms with E-state index in [9.17, 15) is 4.79 Å². The van der Waals surface area contributed by atoms with Crippen LogP contribution in [-0.2, 0) is 13.0 Å². The Kier molecular flexibility index (Phi) is 4.39. The number of aryl methyl sites for hydroxylation is 1. The highest BCUT2D eigenvalue weighted by Gasteiger charge is 2.14. The Morgan fingerprint density at radius 1 is 1.47 bits per heavy atom. The highest BCUT2D eigenvalue weighted by Crippen LogP contribution is 2.17. The molecular formula is C14H17NO3S. The minimum atomic E-state index is -0.952. The first kappa shape index (κ1) is 13.8. The van der Waals surface area contributed by atoms with Crippen LogP contribution in [0.25, 0.3) is 0 Å². The maximum atomic E-state index is 10.9. The number of aromatic carboxylic acids is 1. The van der Waals surface area contributed by atoms with Crippen LogP contribution in [0.1, 0.15) is 32.8 Å². The van der Waals surface area contributed by atoms with Gasteiger partial charge in [-0.15, -0.1) is 11.3 Å². The summed E-state index contributed by atoms with van der Waals surface area (Å²) in [4.78, 5) is 13.6. The van der Waals surface area contributed by atoms with Gasteiger partial charge in [0, 0.05) is 15.8 Å². The molecule has 2 heterocycles. The Hall–Kier alpha value is -1.59. The predicted octanol–water partition coefficient (Wildman–Crippen LogP) is 3.07. The summed E-state index contributed by atoms with van der Waals surface area (Å²) in [6.07, 6.45) is 2.34. The van der Waals surface area contributed by atoms with Gasteiger partial charge in [-0.25, -0.2) is 4.79 Å². The number of rotatable bonds is 6. The molecule has 102 valence electrons. The van der Waals surface area contributed by atoms with Crippen molar-refractivity contribution in [1.29, 1.82) is 0 Å². The summed E-state index contributed by atoms with van der Waals surface area (Å²) in [5.41, 5.74) is 0.228. The average Bonchev–Trinajstić information content (AvgIpc) is 2.95. The zero-order chi connectivity index (χ0) is 13.8. The number of carbonyl (C=O) groups is 1. The van der Waals surface area contributed by atoms with Crippen LogP contribution < -0.4 is 5.32 Å². The lowest BCUT2D eigenvalue weighted by atomic mass is 10.2. The van der Waals surface area contributed by atoms with E-state index in [1.54, 1.807) is 11.3 Å². The van der Waals surface area contributed by atoms with Gasteiger partial charge in [0.25, 0.3) is 0 Å². The van der Waals surface area contributed by atoms with Crippen molar-refractivity contribution in [1.82, 2.24) is 5.32 Å². The van der Waals surface area contributed by atoms with E-state index in [1.165, 1.54) is 22.1 Å². The molecule has 0 saturated carbocycles. The first-order chi connectivity index (χ1) is 9.06. The molecule has 5 heteroatoms. The predicted molar refractivity (Wildman–Crippen MR) is 74.7 cm³/mol. The molecule has 0 aliphatic carbocycles. The van der Waals surface area contributed by atoms with Crippen molar-refractivity contribution in [2.24, 2.45) is 0 Å². The third kappa shape index (κ3) is 3.68. The Morgan fingerprint density at radius 2 is 2.26 bits per heavy atom. The molecule has 0 aliphatic heterocycles. The lowest BCUT2D eigenvalue weighted by Crippen LogP contribution is -2.27. The summed E-state index contributed by atoms with van der Waals surface area (Å²) in [6.45, 7) is 4.60. The fraction of sp³-hybridized carbons (Fsp3) is 0.357. The van der Waals surface area contributed by atoms with Crippen molar-refractivity contribution >= 4 is 17.3 Å². The normalized spacial score (nSPS) is 12.5. The molecule has 2 aromatic heterocycles. The van der Waals surface area contributed by atoms with Gasteiger partial charge in [-0.3, -0.25) is 0 Å². The summed E-state index contributed by atoms with van der Waals surface area (Å²) < 4.78 is 5.19. The Balaban J connectivity index is 1.88. The fourth-order valence-corrected chi connectivity index (χ4v) is 2.92. The molecule has 0 spiro atoms. The topological polar surface area (TPSA) is 62.5 Å². The number of thiophene rings is 1. The zero-order valence-corrected chi connectivity index (χ0v) is 11.8. The van der Waals surface area contributed by atoms with Crippen LogP contribution in [-0.4, -0.2) is 17.1 Å². The summed E-state index contributed by atoms with van der Waals surface area (Å²) in [6, 6.07) is 5.99. The second-order valence-electron chi connectivity index (χ2n) is 4.56. The van der Waals surface area contributed by atoms with Crippen LogP contribution in [0.5, 0.6) is 0 Å². The van der Waals surface area contributed by atoms with Gasteiger partial charge in [-0.05, 0) is 38.5 Å². The SMILES string of the molecule is Cc1ccc(CC(C)NCc2occc2C(=O)O)s1. The van der Waals surface area contributed by atoms with Crippen LogP contribution in [0.4, 0.5) is 0 Å². The Labute approximate surface area is 116 Å². The minimum absolute atomic E-state index is 0.228. The van der Waals surface area contributed by atoms with Crippen LogP contribution in [0.15, 0.2) is 28.9 Å². The first-order valence-electron chi connectivity index (χ1n) is 6.14. The van der Waals surface area contributed by atoms with E-state index < -0.39 is 5.97 Å². The van der Waals surface area contributed by atoms with Gasteiger partial charge in [0.2, 0.25) is 0 Å². The molecule has 19 heavy (non-hydrogen) atoms. The van der Waals surface area contributed by atoms with E-state index >= 15 is 0 Å². The van der Waals surface area contributed by atoms with Crippen molar-refractivity contribution in [3.8, 4) is 0 Å². The van der Waals surface area contributed by atoms with Gasteiger partial charge < -0.3 is 14.8 Å². The second-order valence-corrected chi connectivity index (χ2v) is 5.93. The molecule has 1 atom stereocenters. The number of hydrogen-bond acceptors (Lipinski definition) is 4. The van der Waals surface area contributed by atoms with Crippen LogP contribution in [0.2, 0.25) is 0 Å². The molecular weight excluding hydrogens is 262 g/mol. The molecule has 0 amide bonds. The zero-order valence-electron chi connectivity index (χ0n) is 11.0. The van der Waals surface area contributed by atoms with Gasteiger partial charge in [-0.2, -0.15) is 0 Å². The van der Waals surface area contributed by atoms with E-state index in [1.807, 2.05) is 0 Å². The average molecular weight is 279 g/mol. The number of hydrogen-bond donors (Lipinski definition) is 2. The summed E-state index contributed by atoms with van der Waals surface area (Å²) in [5.74, 6) is -0.478. The van der Waals surface area contributed by atoms with Crippen LogP contribution in [0, 0.1) is 6.92 Å². The van der Waals surface area contributed by atoms with Crippen molar-refractivity contribution in [2.45, 2.75) is 32.9 Å². The molecule has 2 N–H and O–H groups in total. The smallest absolute Gasteiger partial charge is 0.339 e. The Morgan fingerprint density at radius 3 is 2.89 bits per heavy atom. The van der Waals surface area contributed by atoms with Crippen molar-refractivity contribution in [3.63, 3.8) is 0 Å². The monoisotopic (exact) mass is 279 g/mol. The molecule has 0 bridgehead atoms.